The SMILES string of the molecule is CCCNc1ccc(C(=O)NCCCN(C)C)nn1. The molecule has 0 atom stereocenters. The Hall–Kier alpha value is -1.69. The summed E-state index contributed by atoms with van der Waals surface area (Å²) in [7, 11) is 4.02. The van der Waals surface area contributed by atoms with Crippen LogP contribution in [0.25, 0.3) is 0 Å². The highest BCUT2D eigenvalue weighted by molar-refractivity contribution is 5.92. The van der Waals surface area contributed by atoms with Gasteiger partial charge in [-0.25, -0.2) is 0 Å². The topological polar surface area (TPSA) is 70.2 Å². The van der Waals surface area contributed by atoms with Gasteiger partial charge in [0.05, 0.1) is 0 Å². The van der Waals surface area contributed by atoms with Crippen LogP contribution in [0, 0.1) is 0 Å². The first kappa shape index (κ1) is 15.4. The van der Waals surface area contributed by atoms with Crippen LogP contribution in [0.2, 0.25) is 0 Å². The summed E-state index contributed by atoms with van der Waals surface area (Å²) in [5, 5.41) is 13.8. The van der Waals surface area contributed by atoms with Gasteiger partial charge in [0.1, 0.15) is 5.82 Å². The summed E-state index contributed by atoms with van der Waals surface area (Å²) >= 11 is 0. The van der Waals surface area contributed by atoms with E-state index in [1.165, 1.54) is 0 Å². The lowest BCUT2D eigenvalue weighted by Crippen LogP contribution is -2.28. The van der Waals surface area contributed by atoms with Crippen molar-refractivity contribution in [2.45, 2.75) is 19.8 Å². The lowest BCUT2D eigenvalue weighted by molar-refractivity contribution is 0.0946. The molecule has 0 bridgehead atoms. The summed E-state index contributed by atoms with van der Waals surface area (Å²) in [5.74, 6) is 0.527. The quantitative estimate of drug-likeness (QED) is 0.686. The molecule has 106 valence electrons. The minimum atomic E-state index is -0.173. The van der Waals surface area contributed by atoms with Crippen LogP contribution in [0.1, 0.15) is 30.3 Å². The van der Waals surface area contributed by atoms with E-state index in [1.807, 2.05) is 14.1 Å². The maximum Gasteiger partial charge on any atom is 0.271 e. The molecule has 0 aliphatic carbocycles. The molecule has 0 radical (unpaired) electrons. The smallest absolute Gasteiger partial charge is 0.271 e. The average Bonchev–Trinajstić information content (AvgIpc) is 2.41. The summed E-state index contributed by atoms with van der Waals surface area (Å²) in [5.41, 5.74) is 0.354. The van der Waals surface area contributed by atoms with E-state index in [1.54, 1.807) is 12.1 Å². The first-order chi connectivity index (χ1) is 9.13. The standard InChI is InChI=1S/C13H23N5O/c1-4-8-14-12-7-6-11(16-17-12)13(19)15-9-5-10-18(2)3/h6-7H,4-5,8-10H2,1-3H3,(H,14,17)(H,15,19). The highest BCUT2D eigenvalue weighted by Crippen LogP contribution is 2.01. The molecule has 19 heavy (non-hydrogen) atoms. The van der Waals surface area contributed by atoms with Gasteiger partial charge in [0.25, 0.3) is 5.91 Å². The van der Waals surface area contributed by atoms with Crippen LogP contribution in [0.3, 0.4) is 0 Å². The Morgan fingerprint density at radius 2 is 2.05 bits per heavy atom. The van der Waals surface area contributed by atoms with E-state index in [0.29, 0.717) is 18.1 Å². The summed E-state index contributed by atoms with van der Waals surface area (Å²) in [6.07, 6.45) is 1.94. The molecule has 1 aromatic heterocycles. The first-order valence-corrected chi connectivity index (χ1v) is 6.64. The molecule has 1 amide bonds. The van der Waals surface area contributed by atoms with E-state index in [4.69, 9.17) is 0 Å². The molecule has 0 aliphatic heterocycles. The van der Waals surface area contributed by atoms with Gasteiger partial charge in [0, 0.05) is 13.1 Å². The average molecular weight is 265 g/mol. The molecule has 1 aromatic rings. The third kappa shape index (κ3) is 6.15. The van der Waals surface area contributed by atoms with E-state index >= 15 is 0 Å². The summed E-state index contributed by atoms with van der Waals surface area (Å²) in [6, 6.07) is 3.46. The van der Waals surface area contributed by atoms with Gasteiger partial charge >= 0.3 is 0 Å². The monoisotopic (exact) mass is 265 g/mol. The molecular formula is C13H23N5O. The Labute approximate surface area is 114 Å². The number of rotatable bonds is 8. The Kier molecular flexibility index (Phi) is 6.81. The summed E-state index contributed by atoms with van der Waals surface area (Å²) in [4.78, 5) is 13.9. The minimum Gasteiger partial charge on any atom is -0.369 e. The van der Waals surface area contributed by atoms with Crippen LogP contribution < -0.4 is 10.6 Å². The third-order valence-electron chi connectivity index (χ3n) is 2.52. The molecule has 0 unspecified atom stereocenters. The third-order valence-corrected chi connectivity index (χ3v) is 2.52. The molecule has 0 aliphatic rings. The highest BCUT2D eigenvalue weighted by Gasteiger charge is 2.07. The van der Waals surface area contributed by atoms with Gasteiger partial charge in [-0.2, -0.15) is 0 Å². The highest BCUT2D eigenvalue weighted by atomic mass is 16.1. The predicted molar refractivity (Wildman–Crippen MR) is 76.3 cm³/mol. The number of amides is 1. The van der Waals surface area contributed by atoms with Crippen LogP contribution in [-0.2, 0) is 0 Å². The van der Waals surface area contributed by atoms with Gasteiger partial charge in [0.15, 0.2) is 5.69 Å². The van der Waals surface area contributed by atoms with Crippen LogP contribution >= 0.6 is 0 Å². The summed E-state index contributed by atoms with van der Waals surface area (Å²) in [6.45, 7) is 4.53. The number of hydrogen-bond donors (Lipinski definition) is 2. The maximum absolute atomic E-state index is 11.8. The van der Waals surface area contributed by atoms with Crippen molar-refractivity contribution in [3.8, 4) is 0 Å². The van der Waals surface area contributed by atoms with Crippen LogP contribution in [0.15, 0.2) is 12.1 Å². The molecule has 0 fully saturated rings. The molecule has 1 heterocycles. The van der Waals surface area contributed by atoms with E-state index in [-0.39, 0.29) is 5.91 Å². The molecule has 6 nitrogen and oxygen atoms in total. The van der Waals surface area contributed by atoms with Gasteiger partial charge in [-0.3, -0.25) is 4.79 Å². The Morgan fingerprint density at radius 1 is 1.26 bits per heavy atom. The Morgan fingerprint density at radius 3 is 2.63 bits per heavy atom. The van der Waals surface area contributed by atoms with Gasteiger partial charge < -0.3 is 15.5 Å². The molecule has 0 spiro atoms. The van der Waals surface area contributed by atoms with Crippen molar-refractivity contribution in [1.29, 1.82) is 0 Å². The fourth-order valence-electron chi connectivity index (χ4n) is 1.49. The molecule has 2 N–H and O–H groups in total. The van der Waals surface area contributed by atoms with Crippen molar-refractivity contribution in [2.75, 3.05) is 39.0 Å². The van der Waals surface area contributed by atoms with Gasteiger partial charge in [-0.05, 0) is 45.6 Å². The van der Waals surface area contributed by atoms with Crippen LogP contribution in [0.4, 0.5) is 5.82 Å². The minimum absolute atomic E-state index is 0.173. The molecule has 6 heteroatoms. The van der Waals surface area contributed by atoms with E-state index in [2.05, 4.69) is 32.7 Å². The van der Waals surface area contributed by atoms with Crippen molar-refractivity contribution in [3.63, 3.8) is 0 Å². The van der Waals surface area contributed by atoms with Crippen LogP contribution in [0.5, 0.6) is 0 Å². The van der Waals surface area contributed by atoms with Crippen molar-refractivity contribution in [2.24, 2.45) is 0 Å². The van der Waals surface area contributed by atoms with E-state index in [9.17, 15) is 4.79 Å². The van der Waals surface area contributed by atoms with E-state index in [0.717, 1.165) is 25.9 Å². The molecule has 1 rings (SSSR count). The van der Waals surface area contributed by atoms with Crippen molar-refractivity contribution in [1.82, 2.24) is 20.4 Å². The molecule has 0 saturated heterocycles. The fourth-order valence-corrected chi connectivity index (χ4v) is 1.49. The van der Waals surface area contributed by atoms with E-state index < -0.39 is 0 Å². The normalized spacial score (nSPS) is 10.5. The number of anilines is 1. The maximum atomic E-state index is 11.8. The van der Waals surface area contributed by atoms with Crippen molar-refractivity contribution in [3.05, 3.63) is 17.8 Å². The number of carbonyl (C=O) groups is 1. The zero-order chi connectivity index (χ0) is 14.1. The van der Waals surface area contributed by atoms with Gasteiger partial charge in [-0.1, -0.05) is 6.92 Å². The van der Waals surface area contributed by atoms with Gasteiger partial charge in [-0.15, -0.1) is 10.2 Å². The number of hydrogen-bond acceptors (Lipinski definition) is 5. The number of carbonyl (C=O) groups excluding carboxylic acids is 1. The lowest BCUT2D eigenvalue weighted by Gasteiger charge is -2.09. The van der Waals surface area contributed by atoms with Crippen LogP contribution in [-0.4, -0.2) is 54.7 Å². The van der Waals surface area contributed by atoms with Gasteiger partial charge in [0.2, 0.25) is 0 Å². The second-order valence-electron chi connectivity index (χ2n) is 4.64. The molecule has 0 aromatic carbocycles. The number of nitrogens with one attached hydrogen (secondary N) is 2. The fraction of sp³-hybridized carbons (Fsp3) is 0.615. The molecular weight excluding hydrogens is 242 g/mol. The Bertz CT molecular complexity index is 377. The Balaban J connectivity index is 2.36. The van der Waals surface area contributed by atoms with Crippen molar-refractivity contribution >= 4 is 11.7 Å². The zero-order valence-corrected chi connectivity index (χ0v) is 11.9. The summed E-state index contributed by atoms with van der Waals surface area (Å²) < 4.78 is 0. The second-order valence-corrected chi connectivity index (χ2v) is 4.64. The largest absolute Gasteiger partial charge is 0.369 e. The molecule has 0 saturated carbocycles. The number of aromatic nitrogens is 2. The second kappa shape index (κ2) is 8.42. The zero-order valence-electron chi connectivity index (χ0n) is 11.9. The number of nitrogens with zero attached hydrogens (tertiary/aromatic N) is 3. The lowest BCUT2D eigenvalue weighted by atomic mass is 10.3. The first-order valence-electron chi connectivity index (χ1n) is 6.64. The van der Waals surface area contributed by atoms with Crippen molar-refractivity contribution < 1.29 is 4.79 Å². The predicted octanol–water partition coefficient (Wildman–Crippen LogP) is 0.980.